The summed E-state index contributed by atoms with van der Waals surface area (Å²) in [6.45, 7) is 6.26. The minimum absolute atomic E-state index is 0.288. The Labute approximate surface area is 139 Å². The molecule has 0 radical (unpaired) electrons. The van der Waals surface area contributed by atoms with E-state index in [2.05, 4.69) is 27.4 Å². The minimum atomic E-state index is -3.01. The summed E-state index contributed by atoms with van der Waals surface area (Å²) in [4.78, 5) is 6.86. The van der Waals surface area contributed by atoms with E-state index in [1.165, 1.54) is 12.8 Å². The van der Waals surface area contributed by atoms with Crippen LogP contribution in [0.5, 0.6) is 0 Å². The number of likely N-dealkylation sites (tertiary alicyclic amines) is 1. The van der Waals surface area contributed by atoms with Gasteiger partial charge < -0.3 is 10.6 Å². The van der Waals surface area contributed by atoms with E-state index in [1.54, 1.807) is 11.4 Å². The van der Waals surface area contributed by atoms with Gasteiger partial charge in [-0.3, -0.25) is 9.89 Å². The highest BCUT2D eigenvalue weighted by Crippen LogP contribution is 2.31. The summed E-state index contributed by atoms with van der Waals surface area (Å²) in [6.07, 6.45) is 3.43. The van der Waals surface area contributed by atoms with Crippen molar-refractivity contribution in [2.75, 3.05) is 45.5 Å². The fraction of sp³-hybridized carbons (Fsp3) is 0.933. The molecule has 2 unspecified atom stereocenters. The second-order valence-corrected chi connectivity index (χ2v) is 9.07. The highest BCUT2D eigenvalue weighted by molar-refractivity contribution is 7.89. The van der Waals surface area contributed by atoms with Crippen LogP contribution in [0.2, 0.25) is 0 Å². The Morgan fingerprint density at radius 1 is 1.30 bits per heavy atom. The number of sulfonamides is 1. The molecular formula is C15H29N5O2S. The van der Waals surface area contributed by atoms with Gasteiger partial charge in [-0.1, -0.05) is 6.92 Å². The van der Waals surface area contributed by atoms with Gasteiger partial charge in [0.15, 0.2) is 5.96 Å². The lowest BCUT2D eigenvalue weighted by Crippen LogP contribution is -2.48. The maximum Gasteiger partial charge on any atom is 0.214 e. The summed E-state index contributed by atoms with van der Waals surface area (Å²) in [5, 5.41) is 6.76. The average molecular weight is 343 g/mol. The molecule has 2 N–H and O–H groups in total. The molecule has 2 atom stereocenters. The van der Waals surface area contributed by atoms with Crippen molar-refractivity contribution in [1.29, 1.82) is 0 Å². The predicted octanol–water partition coefficient (Wildman–Crippen LogP) is -0.330. The van der Waals surface area contributed by atoms with Crippen molar-refractivity contribution < 1.29 is 8.42 Å². The van der Waals surface area contributed by atoms with Crippen molar-refractivity contribution in [3.63, 3.8) is 0 Å². The van der Waals surface area contributed by atoms with E-state index >= 15 is 0 Å². The van der Waals surface area contributed by atoms with Crippen molar-refractivity contribution >= 4 is 16.0 Å². The standard InChI is InChI=1S/C15H29N5O2S/c1-12-10-19(13-4-5-13)11-14(12)18-15(16-2)17-6-8-20-7-3-9-23(20,21)22/h12-14H,3-11H2,1-2H3,(H2,16,17,18). The molecule has 0 spiro atoms. The summed E-state index contributed by atoms with van der Waals surface area (Å²) in [5.74, 6) is 1.67. The zero-order chi connectivity index (χ0) is 16.4. The van der Waals surface area contributed by atoms with Crippen LogP contribution in [0.25, 0.3) is 0 Å². The van der Waals surface area contributed by atoms with Gasteiger partial charge in [0.25, 0.3) is 0 Å². The highest BCUT2D eigenvalue weighted by atomic mass is 32.2. The van der Waals surface area contributed by atoms with Crippen molar-refractivity contribution in [2.24, 2.45) is 10.9 Å². The van der Waals surface area contributed by atoms with Crippen molar-refractivity contribution in [3.05, 3.63) is 0 Å². The Hall–Kier alpha value is -0.860. The van der Waals surface area contributed by atoms with Gasteiger partial charge in [0.05, 0.1) is 5.75 Å². The van der Waals surface area contributed by atoms with Crippen LogP contribution in [0, 0.1) is 5.92 Å². The molecule has 1 aliphatic carbocycles. The molecule has 2 saturated heterocycles. The lowest BCUT2D eigenvalue weighted by Gasteiger charge is -2.21. The molecule has 2 heterocycles. The van der Waals surface area contributed by atoms with Crippen LogP contribution in [0.3, 0.4) is 0 Å². The smallest absolute Gasteiger partial charge is 0.214 e. The van der Waals surface area contributed by atoms with Gasteiger partial charge in [0.1, 0.15) is 0 Å². The number of hydrogen-bond donors (Lipinski definition) is 2. The molecule has 0 aromatic heterocycles. The number of nitrogens with one attached hydrogen (secondary N) is 2. The predicted molar refractivity (Wildman–Crippen MR) is 92.0 cm³/mol. The Morgan fingerprint density at radius 3 is 2.70 bits per heavy atom. The van der Waals surface area contributed by atoms with E-state index in [0.717, 1.165) is 31.5 Å². The van der Waals surface area contributed by atoms with Crippen LogP contribution in [-0.2, 0) is 10.0 Å². The molecule has 8 heteroatoms. The summed E-state index contributed by atoms with van der Waals surface area (Å²) >= 11 is 0. The third-order valence-electron chi connectivity index (χ3n) is 5.11. The Morgan fingerprint density at radius 2 is 2.09 bits per heavy atom. The first-order valence-electron chi connectivity index (χ1n) is 8.68. The molecule has 0 bridgehead atoms. The molecular weight excluding hydrogens is 314 g/mol. The number of guanidine groups is 1. The van der Waals surface area contributed by atoms with E-state index in [1.807, 2.05) is 0 Å². The maximum absolute atomic E-state index is 11.8. The molecule has 3 fully saturated rings. The fourth-order valence-electron chi connectivity index (χ4n) is 3.54. The third-order valence-corrected chi connectivity index (χ3v) is 7.06. The quantitative estimate of drug-likeness (QED) is 0.528. The SMILES string of the molecule is CN=C(NCCN1CCCS1(=O)=O)NC1CN(C2CC2)CC1C. The molecule has 0 amide bonds. The van der Waals surface area contributed by atoms with Gasteiger partial charge in [0.2, 0.25) is 10.0 Å². The molecule has 0 aromatic carbocycles. The molecule has 2 aliphatic heterocycles. The Balaban J connectivity index is 1.43. The van der Waals surface area contributed by atoms with E-state index in [0.29, 0.717) is 31.6 Å². The molecule has 3 rings (SSSR count). The number of nitrogens with zero attached hydrogens (tertiary/aromatic N) is 3. The third kappa shape index (κ3) is 4.16. The van der Waals surface area contributed by atoms with E-state index < -0.39 is 10.0 Å². The number of rotatable bonds is 5. The van der Waals surface area contributed by atoms with Gasteiger partial charge in [-0.2, -0.15) is 0 Å². The van der Waals surface area contributed by atoms with Gasteiger partial charge in [0, 0.05) is 51.9 Å². The fourth-order valence-corrected chi connectivity index (χ4v) is 5.07. The largest absolute Gasteiger partial charge is 0.355 e. The van der Waals surface area contributed by atoms with Crippen molar-refractivity contribution in [1.82, 2.24) is 19.8 Å². The molecule has 0 aromatic rings. The topological polar surface area (TPSA) is 77.0 Å². The summed E-state index contributed by atoms with van der Waals surface area (Å²) < 4.78 is 25.1. The van der Waals surface area contributed by atoms with Crippen LogP contribution < -0.4 is 10.6 Å². The molecule has 23 heavy (non-hydrogen) atoms. The van der Waals surface area contributed by atoms with Gasteiger partial charge in [-0.05, 0) is 25.2 Å². The zero-order valence-corrected chi connectivity index (χ0v) is 15.0. The molecule has 7 nitrogen and oxygen atoms in total. The molecule has 1 saturated carbocycles. The first kappa shape index (κ1) is 17.0. The first-order chi connectivity index (χ1) is 11.0. The number of aliphatic imine (C=N–C) groups is 1. The second kappa shape index (κ2) is 6.94. The minimum Gasteiger partial charge on any atom is -0.355 e. The van der Waals surface area contributed by atoms with Gasteiger partial charge in [-0.25, -0.2) is 12.7 Å². The Kier molecular flexibility index (Phi) is 5.13. The first-order valence-corrected chi connectivity index (χ1v) is 10.3. The summed E-state index contributed by atoms with van der Waals surface area (Å²) in [5.41, 5.74) is 0. The zero-order valence-electron chi connectivity index (χ0n) is 14.2. The van der Waals surface area contributed by atoms with Crippen LogP contribution in [-0.4, -0.2) is 81.2 Å². The lowest BCUT2D eigenvalue weighted by molar-refractivity contribution is 0.315. The molecule has 132 valence electrons. The van der Waals surface area contributed by atoms with E-state index in [-0.39, 0.29) is 5.75 Å². The lowest BCUT2D eigenvalue weighted by atomic mass is 10.1. The van der Waals surface area contributed by atoms with Crippen molar-refractivity contribution in [2.45, 2.75) is 38.3 Å². The van der Waals surface area contributed by atoms with E-state index in [9.17, 15) is 8.42 Å². The average Bonchev–Trinajstić information content (AvgIpc) is 3.22. The Bertz CT molecular complexity index is 546. The monoisotopic (exact) mass is 343 g/mol. The van der Waals surface area contributed by atoms with Crippen LogP contribution in [0.15, 0.2) is 4.99 Å². The van der Waals surface area contributed by atoms with Gasteiger partial charge in [-0.15, -0.1) is 0 Å². The summed E-state index contributed by atoms with van der Waals surface area (Å²) in [7, 11) is -1.24. The number of hydrogen-bond acceptors (Lipinski definition) is 4. The van der Waals surface area contributed by atoms with Crippen molar-refractivity contribution in [3.8, 4) is 0 Å². The second-order valence-electron chi connectivity index (χ2n) is 6.98. The van der Waals surface area contributed by atoms with Crippen LogP contribution in [0.1, 0.15) is 26.2 Å². The van der Waals surface area contributed by atoms with Gasteiger partial charge >= 0.3 is 0 Å². The van der Waals surface area contributed by atoms with Crippen LogP contribution >= 0.6 is 0 Å². The highest BCUT2D eigenvalue weighted by Gasteiger charge is 2.38. The summed E-state index contributed by atoms with van der Waals surface area (Å²) in [6, 6.07) is 1.22. The molecule has 3 aliphatic rings. The van der Waals surface area contributed by atoms with E-state index in [4.69, 9.17) is 0 Å². The maximum atomic E-state index is 11.8. The van der Waals surface area contributed by atoms with Crippen LogP contribution in [0.4, 0.5) is 0 Å². The normalized spacial score (nSPS) is 32.3.